The van der Waals surface area contributed by atoms with E-state index in [0.717, 1.165) is 32.7 Å². The van der Waals surface area contributed by atoms with Crippen LogP contribution in [0.1, 0.15) is 11.1 Å². The Labute approximate surface area is 169 Å². The molecule has 0 aliphatic heterocycles. The molecule has 0 unspecified atom stereocenters. The third-order valence-electron chi connectivity index (χ3n) is 4.69. The van der Waals surface area contributed by atoms with Crippen LogP contribution in [0.25, 0.3) is 21.5 Å². The molecule has 0 radical (unpaired) electrons. The van der Waals surface area contributed by atoms with Crippen LogP contribution in [-0.2, 0) is 27.2 Å². The average molecular weight is 385 g/mol. The van der Waals surface area contributed by atoms with Crippen LogP contribution in [0, 0.1) is 0 Å². The lowest BCUT2D eigenvalue weighted by molar-refractivity contribution is -0.139. The number of fused-ring (bicyclic) bond motifs is 2. The molecule has 4 heteroatoms. The van der Waals surface area contributed by atoms with Crippen molar-refractivity contribution in [2.75, 3.05) is 7.11 Å². The lowest BCUT2D eigenvalue weighted by Gasteiger charge is -2.04. The molecule has 0 saturated carbocycles. The zero-order valence-electron chi connectivity index (χ0n) is 16.3. The zero-order valence-corrected chi connectivity index (χ0v) is 16.3. The fraction of sp³-hybridized carbons (Fsp3) is 0.120. The van der Waals surface area contributed by atoms with Crippen LogP contribution in [0.2, 0.25) is 0 Å². The maximum absolute atomic E-state index is 11.2. The second-order valence-electron chi connectivity index (χ2n) is 6.67. The number of carbonyl (C=O) groups excluding carboxylic acids is 2. The van der Waals surface area contributed by atoms with Crippen molar-refractivity contribution in [3.63, 3.8) is 0 Å². The van der Waals surface area contributed by atoms with Gasteiger partial charge in [-0.25, -0.2) is 0 Å². The molecule has 1 amide bonds. The first-order chi connectivity index (χ1) is 14.1. The predicted octanol–water partition coefficient (Wildman–Crippen LogP) is 4.42. The van der Waals surface area contributed by atoms with Crippen molar-refractivity contribution in [1.82, 2.24) is 0 Å². The van der Waals surface area contributed by atoms with Crippen molar-refractivity contribution in [3.05, 3.63) is 96.1 Å². The summed E-state index contributed by atoms with van der Waals surface area (Å²) in [5, 5.41) is 4.52. The zero-order chi connectivity index (χ0) is 20.6. The summed E-state index contributed by atoms with van der Waals surface area (Å²) in [5.41, 5.74) is 7.19. The molecule has 0 saturated heterocycles. The van der Waals surface area contributed by atoms with Crippen molar-refractivity contribution in [1.29, 1.82) is 0 Å². The summed E-state index contributed by atoms with van der Waals surface area (Å²) in [6.07, 6.45) is 0.638. The van der Waals surface area contributed by atoms with Gasteiger partial charge in [-0.3, -0.25) is 9.59 Å². The van der Waals surface area contributed by atoms with Gasteiger partial charge in [0.2, 0.25) is 5.91 Å². The van der Waals surface area contributed by atoms with Gasteiger partial charge < -0.3 is 10.5 Å². The maximum atomic E-state index is 11.2. The standard InChI is InChI=1S/C13H12O2.C12H11NO/c1-15-13(14)9-11-7-4-6-10-5-2-3-8-12(10)11;13-12(14)8-10-6-3-5-9-4-1-2-7-11(9)10/h2-8H,9H2,1H3;1-7H,8H2,(H2,13,14). The molecule has 0 heterocycles. The van der Waals surface area contributed by atoms with E-state index in [9.17, 15) is 9.59 Å². The number of benzene rings is 4. The van der Waals surface area contributed by atoms with Crippen LogP contribution in [0.5, 0.6) is 0 Å². The smallest absolute Gasteiger partial charge is 0.309 e. The Bertz CT molecular complexity index is 1140. The molecule has 0 aromatic heterocycles. The van der Waals surface area contributed by atoms with Crippen LogP contribution < -0.4 is 5.73 Å². The topological polar surface area (TPSA) is 69.4 Å². The number of hydrogen-bond acceptors (Lipinski definition) is 3. The summed E-state index contributed by atoms with van der Waals surface area (Å²) >= 11 is 0. The number of rotatable bonds is 4. The molecular weight excluding hydrogens is 362 g/mol. The van der Waals surface area contributed by atoms with E-state index in [1.54, 1.807) is 0 Å². The van der Waals surface area contributed by atoms with Crippen molar-refractivity contribution in [2.45, 2.75) is 12.8 Å². The Morgan fingerprint density at radius 3 is 1.62 bits per heavy atom. The summed E-state index contributed by atoms with van der Waals surface area (Å²) in [7, 11) is 1.41. The fourth-order valence-corrected chi connectivity index (χ4v) is 3.31. The molecule has 4 aromatic carbocycles. The highest BCUT2D eigenvalue weighted by molar-refractivity contribution is 5.90. The molecule has 29 heavy (non-hydrogen) atoms. The molecule has 2 N–H and O–H groups in total. The molecule has 0 aliphatic rings. The molecule has 0 bridgehead atoms. The van der Waals surface area contributed by atoms with E-state index < -0.39 is 0 Å². The average Bonchev–Trinajstić information content (AvgIpc) is 2.74. The highest BCUT2D eigenvalue weighted by atomic mass is 16.5. The predicted molar refractivity (Wildman–Crippen MR) is 117 cm³/mol. The molecule has 4 rings (SSSR count). The van der Waals surface area contributed by atoms with Crippen molar-refractivity contribution >= 4 is 33.4 Å². The van der Waals surface area contributed by atoms with Gasteiger partial charge >= 0.3 is 5.97 Å². The van der Waals surface area contributed by atoms with Gasteiger partial charge in [0.25, 0.3) is 0 Å². The second kappa shape index (κ2) is 9.51. The number of esters is 1. The van der Waals surface area contributed by atoms with Crippen LogP contribution in [0.3, 0.4) is 0 Å². The minimum atomic E-state index is -0.290. The third-order valence-corrected chi connectivity index (χ3v) is 4.69. The van der Waals surface area contributed by atoms with E-state index in [-0.39, 0.29) is 11.9 Å². The van der Waals surface area contributed by atoms with Gasteiger partial charge in [0.05, 0.1) is 20.0 Å². The number of hydrogen-bond donors (Lipinski definition) is 1. The Hall–Kier alpha value is -3.66. The number of primary amides is 1. The molecule has 4 aromatic rings. The number of ether oxygens (including phenoxy) is 1. The summed E-state index contributed by atoms with van der Waals surface area (Å²) < 4.78 is 4.66. The van der Waals surface area contributed by atoms with E-state index >= 15 is 0 Å². The quantitative estimate of drug-likeness (QED) is 0.529. The first kappa shape index (κ1) is 20.1. The van der Waals surface area contributed by atoms with Crippen LogP contribution in [0.4, 0.5) is 0 Å². The largest absolute Gasteiger partial charge is 0.469 e. The Morgan fingerprint density at radius 2 is 1.14 bits per heavy atom. The number of amides is 1. The molecule has 0 fully saturated rings. The summed E-state index contributed by atoms with van der Waals surface area (Å²) in [5.74, 6) is -0.493. The molecular formula is C25H23NO3. The van der Waals surface area contributed by atoms with Crippen LogP contribution in [0.15, 0.2) is 84.9 Å². The Balaban J connectivity index is 0.000000166. The van der Waals surface area contributed by atoms with E-state index in [1.807, 2.05) is 84.9 Å². The normalized spacial score (nSPS) is 10.2. The first-order valence-electron chi connectivity index (χ1n) is 9.37. The second-order valence-corrected chi connectivity index (χ2v) is 6.67. The minimum Gasteiger partial charge on any atom is -0.469 e. The van der Waals surface area contributed by atoms with Gasteiger partial charge in [-0.1, -0.05) is 84.9 Å². The van der Waals surface area contributed by atoms with Crippen molar-refractivity contribution < 1.29 is 14.3 Å². The van der Waals surface area contributed by atoms with E-state index in [0.29, 0.717) is 12.8 Å². The number of carbonyl (C=O) groups is 2. The summed E-state index contributed by atoms with van der Waals surface area (Å²) in [4.78, 5) is 22.0. The summed E-state index contributed by atoms with van der Waals surface area (Å²) in [6.45, 7) is 0. The monoisotopic (exact) mass is 385 g/mol. The highest BCUT2D eigenvalue weighted by Gasteiger charge is 2.06. The van der Waals surface area contributed by atoms with E-state index in [2.05, 4.69) is 4.74 Å². The van der Waals surface area contributed by atoms with Gasteiger partial charge in [-0.05, 0) is 32.7 Å². The first-order valence-corrected chi connectivity index (χ1v) is 9.37. The molecule has 0 spiro atoms. The van der Waals surface area contributed by atoms with Gasteiger partial charge in [-0.2, -0.15) is 0 Å². The molecule has 146 valence electrons. The maximum Gasteiger partial charge on any atom is 0.309 e. The lowest BCUT2D eigenvalue weighted by Crippen LogP contribution is -2.13. The Kier molecular flexibility index (Phi) is 6.59. The third kappa shape index (κ3) is 5.20. The van der Waals surface area contributed by atoms with Gasteiger partial charge in [0.1, 0.15) is 0 Å². The highest BCUT2D eigenvalue weighted by Crippen LogP contribution is 2.19. The fourth-order valence-electron chi connectivity index (χ4n) is 3.31. The summed E-state index contributed by atoms with van der Waals surface area (Å²) in [6, 6.07) is 27.9. The molecule has 0 aliphatic carbocycles. The van der Waals surface area contributed by atoms with Crippen LogP contribution >= 0.6 is 0 Å². The van der Waals surface area contributed by atoms with E-state index in [4.69, 9.17) is 5.73 Å². The van der Waals surface area contributed by atoms with Gasteiger partial charge in [0.15, 0.2) is 0 Å². The van der Waals surface area contributed by atoms with Gasteiger partial charge in [0, 0.05) is 0 Å². The van der Waals surface area contributed by atoms with Gasteiger partial charge in [-0.15, -0.1) is 0 Å². The minimum absolute atomic E-state index is 0.202. The number of nitrogens with two attached hydrogens (primary N) is 1. The van der Waals surface area contributed by atoms with Crippen LogP contribution in [-0.4, -0.2) is 19.0 Å². The molecule has 4 nitrogen and oxygen atoms in total. The number of methoxy groups -OCH3 is 1. The Morgan fingerprint density at radius 1 is 0.690 bits per heavy atom. The lowest BCUT2D eigenvalue weighted by atomic mass is 10.0. The van der Waals surface area contributed by atoms with E-state index in [1.165, 1.54) is 7.11 Å². The van der Waals surface area contributed by atoms with Crippen molar-refractivity contribution in [2.24, 2.45) is 5.73 Å². The molecule has 0 atom stereocenters. The van der Waals surface area contributed by atoms with Crippen molar-refractivity contribution in [3.8, 4) is 0 Å². The SMILES string of the molecule is COC(=O)Cc1cccc2ccccc12.NC(=O)Cc1cccc2ccccc12.